The molecule has 8 heteroatoms. The number of fused-ring (bicyclic) bond motifs is 1. The smallest absolute Gasteiger partial charge is 0.465 e. The topological polar surface area (TPSA) is 68.4 Å². The zero-order valence-electron chi connectivity index (χ0n) is 13.4. The van der Waals surface area contributed by atoms with Crippen molar-refractivity contribution < 1.29 is 27.4 Å². The van der Waals surface area contributed by atoms with Crippen LogP contribution in [-0.4, -0.2) is 24.4 Å². The molecule has 134 valence electrons. The molecule has 1 heterocycles. The van der Waals surface area contributed by atoms with Gasteiger partial charge in [0, 0.05) is 16.5 Å². The van der Waals surface area contributed by atoms with Crippen LogP contribution >= 0.6 is 0 Å². The molecule has 3 rings (SSSR count). The molecule has 26 heavy (non-hydrogen) atoms. The summed E-state index contributed by atoms with van der Waals surface area (Å²) in [6.07, 6.45) is -4.81. The summed E-state index contributed by atoms with van der Waals surface area (Å²) in [5.41, 5.74) is 0.254. The lowest BCUT2D eigenvalue weighted by Crippen LogP contribution is -2.20. The number of benzene rings is 2. The normalized spacial score (nSPS) is 11.4. The van der Waals surface area contributed by atoms with Gasteiger partial charge in [-0.1, -0.05) is 30.3 Å². The van der Waals surface area contributed by atoms with E-state index in [0.29, 0.717) is 16.5 Å². The molecule has 0 aliphatic carbocycles. The quantitative estimate of drug-likeness (QED) is 0.717. The van der Waals surface area contributed by atoms with Gasteiger partial charge < -0.3 is 14.5 Å². The van der Waals surface area contributed by atoms with Crippen molar-refractivity contribution in [3.8, 4) is 16.9 Å². The van der Waals surface area contributed by atoms with Crippen LogP contribution < -0.4 is 10.3 Å². The van der Waals surface area contributed by atoms with E-state index >= 15 is 0 Å². The zero-order valence-corrected chi connectivity index (χ0v) is 13.4. The average molecular weight is 363 g/mol. The van der Waals surface area contributed by atoms with Crippen LogP contribution in [0.15, 0.2) is 53.3 Å². The molecule has 0 spiro atoms. The Balaban J connectivity index is 2.23. The molecule has 0 saturated carbocycles. The summed E-state index contributed by atoms with van der Waals surface area (Å²) < 4.78 is 45.5. The number of para-hydroxylation sites is 1. The fourth-order valence-corrected chi connectivity index (χ4v) is 2.66. The first kappa shape index (κ1) is 17.5. The van der Waals surface area contributed by atoms with Crippen molar-refractivity contribution in [3.63, 3.8) is 0 Å². The van der Waals surface area contributed by atoms with Gasteiger partial charge in [-0.2, -0.15) is 0 Å². The third-order valence-electron chi connectivity index (χ3n) is 3.69. The number of carbonyl (C=O) groups is 1. The van der Waals surface area contributed by atoms with Crippen LogP contribution in [0.4, 0.5) is 13.2 Å². The summed E-state index contributed by atoms with van der Waals surface area (Å²) in [5.74, 6) is -1.25. The number of alkyl halides is 3. The third kappa shape index (κ3) is 3.39. The molecule has 0 aliphatic rings. The summed E-state index contributed by atoms with van der Waals surface area (Å²) in [5, 5.41) is 0.553. The Labute approximate surface area is 145 Å². The molecule has 5 nitrogen and oxygen atoms in total. The van der Waals surface area contributed by atoms with Gasteiger partial charge in [-0.3, -0.25) is 4.79 Å². The highest BCUT2D eigenvalue weighted by atomic mass is 19.4. The van der Waals surface area contributed by atoms with Crippen molar-refractivity contribution in [1.82, 2.24) is 4.98 Å². The molecule has 1 N–H and O–H groups in total. The van der Waals surface area contributed by atoms with Crippen LogP contribution in [0.3, 0.4) is 0 Å². The highest BCUT2D eigenvalue weighted by Gasteiger charge is 2.31. The monoisotopic (exact) mass is 363 g/mol. The van der Waals surface area contributed by atoms with Crippen molar-refractivity contribution in [2.24, 2.45) is 0 Å². The number of nitrogens with one attached hydrogen (secondary N) is 1. The molecule has 0 aliphatic heterocycles. The maximum atomic E-state index is 12.4. The predicted octanol–water partition coefficient (Wildman–Crippen LogP) is 3.88. The van der Waals surface area contributed by atoms with Gasteiger partial charge in [-0.05, 0) is 23.8 Å². The van der Waals surface area contributed by atoms with E-state index in [1.165, 1.54) is 12.1 Å². The van der Waals surface area contributed by atoms with Crippen LogP contribution in [0.2, 0.25) is 0 Å². The van der Waals surface area contributed by atoms with E-state index in [0.717, 1.165) is 19.2 Å². The number of ether oxygens (including phenoxy) is 2. The van der Waals surface area contributed by atoms with Gasteiger partial charge in [0.05, 0.1) is 7.11 Å². The van der Waals surface area contributed by atoms with Crippen LogP contribution in [-0.2, 0) is 4.74 Å². The average Bonchev–Trinajstić information content (AvgIpc) is 2.59. The first-order valence-corrected chi connectivity index (χ1v) is 7.39. The van der Waals surface area contributed by atoms with Gasteiger partial charge in [0.1, 0.15) is 11.3 Å². The molecule has 2 aromatic carbocycles. The minimum absolute atomic E-state index is 0.226. The van der Waals surface area contributed by atoms with Gasteiger partial charge in [0.25, 0.3) is 5.56 Å². The number of rotatable bonds is 3. The van der Waals surface area contributed by atoms with Gasteiger partial charge in [-0.25, -0.2) is 4.79 Å². The van der Waals surface area contributed by atoms with E-state index < -0.39 is 23.6 Å². The van der Waals surface area contributed by atoms with Crippen molar-refractivity contribution in [1.29, 1.82) is 0 Å². The summed E-state index contributed by atoms with van der Waals surface area (Å²) in [7, 11) is 1.14. The molecule has 0 atom stereocenters. The van der Waals surface area contributed by atoms with Gasteiger partial charge in [0.2, 0.25) is 0 Å². The number of pyridine rings is 1. The molecule has 1 aromatic heterocycles. The van der Waals surface area contributed by atoms with Crippen LogP contribution in [0.5, 0.6) is 5.75 Å². The Morgan fingerprint density at radius 3 is 2.31 bits per heavy atom. The van der Waals surface area contributed by atoms with E-state index in [1.807, 2.05) is 0 Å². The van der Waals surface area contributed by atoms with Crippen LogP contribution in [0.1, 0.15) is 10.4 Å². The molecular formula is C18H12F3NO4. The number of methoxy groups -OCH3 is 1. The number of carbonyl (C=O) groups excluding carboxylic acids is 1. The Hall–Kier alpha value is -3.29. The Morgan fingerprint density at radius 2 is 1.69 bits per heavy atom. The first-order valence-electron chi connectivity index (χ1n) is 7.39. The molecule has 0 fully saturated rings. The number of esters is 1. The van der Waals surface area contributed by atoms with E-state index in [-0.39, 0.29) is 11.1 Å². The number of H-pyrrole nitrogens is 1. The highest BCUT2D eigenvalue weighted by Crippen LogP contribution is 2.32. The van der Waals surface area contributed by atoms with E-state index in [1.54, 1.807) is 24.3 Å². The first-order chi connectivity index (χ1) is 12.3. The molecule has 0 radical (unpaired) electrons. The second-order valence-electron chi connectivity index (χ2n) is 5.31. The van der Waals surface area contributed by atoms with Crippen LogP contribution in [0, 0.1) is 0 Å². The summed E-state index contributed by atoms with van der Waals surface area (Å²) >= 11 is 0. The Kier molecular flexibility index (Phi) is 4.41. The fraction of sp³-hybridized carbons (Fsp3) is 0.111. The molecule has 0 amide bonds. The second kappa shape index (κ2) is 6.55. The van der Waals surface area contributed by atoms with Crippen molar-refractivity contribution in [2.45, 2.75) is 6.36 Å². The van der Waals surface area contributed by atoms with Crippen molar-refractivity contribution >= 4 is 16.9 Å². The van der Waals surface area contributed by atoms with Crippen LogP contribution in [0.25, 0.3) is 22.0 Å². The lowest BCUT2D eigenvalue weighted by Gasteiger charge is -2.13. The predicted molar refractivity (Wildman–Crippen MR) is 88.0 cm³/mol. The zero-order chi connectivity index (χ0) is 18.9. The Bertz CT molecular complexity index is 1020. The lowest BCUT2D eigenvalue weighted by molar-refractivity contribution is -0.274. The SMILES string of the molecule is COC(=O)c1c(-c2ccc(OC(F)(F)F)cc2)c2ccccc2[nH]c1=O. The van der Waals surface area contributed by atoms with Gasteiger partial charge in [-0.15, -0.1) is 13.2 Å². The Morgan fingerprint density at radius 1 is 1.04 bits per heavy atom. The number of halogens is 3. The van der Waals surface area contributed by atoms with Gasteiger partial charge in [0.15, 0.2) is 0 Å². The van der Waals surface area contributed by atoms with E-state index in [9.17, 15) is 22.8 Å². The minimum atomic E-state index is -4.81. The summed E-state index contributed by atoms with van der Waals surface area (Å²) in [6, 6.07) is 11.7. The number of hydrogen-bond acceptors (Lipinski definition) is 4. The highest BCUT2D eigenvalue weighted by molar-refractivity contribution is 6.06. The maximum absolute atomic E-state index is 12.4. The number of aromatic amines is 1. The summed E-state index contributed by atoms with van der Waals surface area (Å²) in [4.78, 5) is 27.1. The molecule has 0 bridgehead atoms. The van der Waals surface area contributed by atoms with Crippen molar-refractivity contribution in [2.75, 3.05) is 7.11 Å². The lowest BCUT2D eigenvalue weighted by atomic mass is 9.96. The standard InChI is InChI=1S/C18H12F3NO4/c1-25-17(24)15-14(12-4-2-3-5-13(12)22-16(15)23)10-6-8-11(9-7-10)26-18(19,20)21/h2-9H,1H3,(H,22,23). The minimum Gasteiger partial charge on any atom is -0.465 e. The third-order valence-corrected chi connectivity index (χ3v) is 3.69. The maximum Gasteiger partial charge on any atom is 0.573 e. The molecule has 3 aromatic rings. The fourth-order valence-electron chi connectivity index (χ4n) is 2.66. The summed E-state index contributed by atoms with van der Waals surface area (Å²) in [6.45, 7) is 0. The number of hydrogen-bond donors (Lipinski definition) is 1. The largest absolute Gasteiger partial charge is 0.573 e. The number of aromatic nitrogens is 1. The second-order valence-corrected chi connectivity index (χ2v) is 5.31. The molecule has 0 saturated heterocycles. The molecular weight excluding hydrogens is 351 g/mol. The van der Waals surface area contributed by atoms with E-state index in [4.69, 9.17) is 0 Å². The van der Waals surface area contributed by atoms with E-state index in [2.05, 4.69) is 14.5 Å². The molecule has 0 unspecified atom stereocenters. The van der Waals surface area contributed by atoms with Crippen molar-refractivity contribution in [3.05, 3.63) is 64.4 Å². The van der Waals surface area contributed by atoms with Gasteiger partial charge >= 0.3 is 12.3 Å².